The van der Waals surface area contributed by atoms with E-state index in [1.54, 1.807) is 0 Å². The first-order valence-corrected chi connectivity index (χ1v) is 5.37. The van der Waals surface area contributed by atoms with Gasteiger partial charge in [-0.3, -0.25) is 0 Å². The molecule has 6 nitrogen and oxygen atoms in total. The van der Waals surface area contributed by atoms with Crippen LogP contribution in [0.3, 0.4) is 0 Å². The van der Waals surface area contributed by atoms with Gasteiger partial charge in [0.1, 0.15) is 0 Å². The monoisotopic (exact) mass is 230 g/mol. The standard InChI is InChI=1S/C10H18N2O4/c1-3-6-4-7(6)11-10(15)12-8(5-16-2)9(13)14/h6-8H,3-5H2,1-2H3,(H,13,14)(H2,11,12,15). The predicted octanol–water partition coefficient (Wildman–Crippen LogP) is 0.184. The molecule has 0 aromatic heterocycles. The molecule has 3 atom stereocenters. The minimum absolute atomic E-state index is 0.0371. The number of hydrogen-bond donors (Lipinski definition) is 3. The molecule has 1 aliphatic carbocycles. The maximum Gasteiger partial charge on any atom is 0.328 e. The van der Waals surface area contributed by atoms with Gasteiger partial charge in [0.25, 0.3) is 0 Å². The number of carbonyl (C=O) groups is 2. The Hall–Kier alpha value is -1.30. The molecule has 0 aromatic carbocycles. The van der Waals surface area contributed by atoms with Gasteiger partial charge in [0.15, 0.2) is 6.04 Å². The van der Waals surface area contributed by atoms with E-state index in [1.165, 1.54) is 7.11 Å². The summed E-state index contributed by atoms with van der Waals surface area (Å²) in [7, 11) is 1.39. The molecule has 0 aromatic rings. The predicted molar refractivity (Wildman–Crippen MR) is 57.2 cm³/mol. The van der Waals surface area contributed by atoms with Crippen molar-refractivity contribution in [3.8, 4) is 0 Å². The summed E-state index contributed by atoms with van der Waals surface area (Å²) in [5.74, 6) is -0.559. The van der Waals surface area contributed by atoms with E-state index in [9.17, 15) is 9.59 Å². The number of carboxylic acid groups (broad SMARTS) is 1. The molecule has 3 N–H and O–H groups in total. The van der Waals surface area contributed by atoms with Gasteiger partial charge in [0.05, 0.1) is 6.61 Å². The Labute approximate surface area is 94.3 Å². The summed E-state index contributed by atoms with van der Waals surface area (Å²) in [5.41, 5.74) is 0. The molecule has 0 heterocycles. The van der Waals surface area contributed by atoms with E-state index in [2.05, 4.69) is 17.6 Å². The van der Waals surface area contributed by atoms with E-state index in [0.717, 1.165) is 12.8 Å². The van der Waals surface area contributed by atoms with Crippen molar-refractivity contribution in [2.75, 3.05) is 13.7 Å². The number of ether oxygens (including phenoxy) is 1. The molecular formula is C10H18N2O4. The lowest BCUT2D eigenvalue weighted by Gasteiger charge is -2.14. The molecule has 1 aliphatic rings. The van der Waals surface area contributed by atoms with Crippen LogP contribution >= 0.6 is 0 Å². The second-order valence-electron chi connectivity index (χ2n) is 3.97. The van der Waals surface area contributed by atoms with Gasteiger partial charge < -0.3 is 20.5 Å². The van der Waals surface area contributed by atoms with Crippen LogP contribution in [-0.2, 0) is 9.53 Å². The molecule has 0 radical (unpaired) electrons. The van der Waals surface area contributed by atoms with Crippen molar-refractivity contribution in [2.45, 2.75) is 31.8 Å². The Balaban J connectivity index is 2.29. The number of carboxylic acids is 1. The third-order valence-corrected chi connectivity index (χ3v) is 2.70. The fourth-order valence-electron chi connectivity index (χ4n) is 1.59. The number of amides is 2. The average molecular weight is 230 g/mol. The zero-order valence-electron chi connectivity index (χ0n) is 9.53. The van der Waals surface area contributed by atoms with Gasteiger partial charge in [0.2, 0.25) is 0 Å². The average Bonchev–Trinajstić information content (AvgIpc) is 2.95. The van der Waals surface area contributed by atoms with Crippen molar-refractivity contribution in [1.29, 1.82) is 0 Å². The highest BCUT2D eigenvalue weighted by Gasteiger charge is 2.36. The summed E-state index contributed by atoms with van der Waals surface area (Å²) in [6.07, 6.45) is 2.01. The van der Waals surface area contributed by atoms with E-state index in [4.69, 9.17) is 9.84 Å². The number of urea groups is 1. The summed E-state index contributed by atoms with van der Waals surface area (Å²) >= 11 is 0. The molecule has 6 heteroatoms. The number of carbonyl (C=O) groups excluding carboxylic acids is 1. The van der Waals surface area contributed by atoms with E-state index < -0.39 is 18.0 Å². The molecule has 1 rings (SSSR count). The number of aliphatic carboxylic acids is 1. The minimum atomic E-state index is -1.10. The van der Waals surface area contributed by atoms with E-state index in [0.29, 0.717) is 5.92 Å². The zero-order chi connectivity index (χ0) is 12.1. The maximum absolute atomic E-state index is 11.4. The molecule has 0 aliphatic heterocycles. The molecule has 0 saturated heterocycles. The maximum atomic E-state index is 11.4. The van der Waals surface area contributed by atoms with Gasteiger partial charge in [-0.2, -0.15) is 0 Å². The van der Waals surface area contributed by atoms with Crippen LogP contribution in [0, 0.1) is 5.92 Å². The summed E-state index contributed by atoms with van der Waals surface area (Å²) in [5, 5.41) is 13.9. The van der Waals surface area contributed by atoms with Crippen molar-refractivity contribution >= 4 is 12.0 Å². The summed E-state index contributed by atoms with van der Waals surface area (Å²) < 4.78 is 4.71. The fourth-order valence-corrected chi connectivity index (χ4v) is 1.59. The van der Waals surface area contributed by atoms with Crippen LogP contribution in [-0.4, -0.2) is 42.9 Å². The second kappa shape index (κ2) is 5.69. The van der Waals surface area contributed by atoms with Crippen LogP contribution in [0.25, 0.3) is 0 Å². The van der Waals surface area contributed by atoms with Crippen LogP contribution in [0.15, 0.2) is 0 Å². The number of nitrogens with one attached hydrogen (secondary N) is 2. The van der Waals surface area contributed by atoms with Crippen molar-refractivity contribution in [1.82, 2.24) is 10.6 Å². The van der Waals surface area contributed by atoms with Gasteiger partial charge in [-0.15, -0.1) is 0 Å². The van der Waals surface area contributed by atoms with E-state index in [1.807, 2.05) is 0 Å². The summed E-state index contributed by atoms with van der Waals surface area (Å²) in [6.45, 7) is 2.03. The molecular weight excluding hydrogens is 212 g/mol. The first-order valence-electron chi connectivity index (χ1n) is 5.37. The highest BCUT2D eigenvalue weighted by Crippen LogP contribution is 2.32. The SMILES string of the molecule is CCC1CC1NC(=O)NC(COC)C(=O)O. The van der Waals surface area contributed by atoms with Crippen molar-refractivity contribution in [2.24, 2.45) is 5.92 Å². The summed E-state index contributed by atoms with van der Waals surface area (Å²) in [6, 6.07) is -1.24. The highest BCUT2D eigenvalue weighted by atomic mass is 16.5. The minimum Gasteiger partial charge on any atom is -0.480 e. The van der Waals surface area contributed by atoms with Gasteiger partial charge in [-0.05, 0) is 12.3 Å². The Bertz CT molecular complexity index is 270. The lowest BCUT2D eigenvalue weighted by Crippen LogP contribution is -2.48. The highest BCUT2D eigenvalue weighted by molar-refractivity contribution is 5.82. The fraction of sp³-hybridized carbons (Fsp3) is 0.800. The first kappa shape index (κ1) is 12.8. The Morgan fingerprint density at radius 1 is 1.56 bits per heavy atom. The number of methoxy groups -OCH3 is 1. The molecule has 3 unspecified atom stereocenters. The van der Waals surface area contributed by atoms with Crippen LogP contribution < -0.4 is 10.6 Å². The van der Waals surface area contributed by atoms with Crippen molar-refractivity contribution in [3.63, 3.8) is 0 Å². The van der Waals surface area contributed by atoms with Gasteiger partial charge in [-0.25, -0.2) is 9.59 Å². The van der Waals surface area contributed by atoms with Gasteiger partial charge >= 0.3 is 12.0 Å². The Kier molecular flexibility index (Phi) is 4.54. The van der Waals surface area contributed by atoms with E-state index >= 15 is 0 Å². The van der Waals surface area contributed by atoms with Crippen molar-refractivity contribution in [3.05, 3.63) is 0 Å². The third kappa shape index (κ3) is 3.69. The van der Waals surface area contributed by atoms with Crippen LogP contribution in [0.4, 0.5) is 4.79 Å². The van der Waals surface area contributed by atoms with Gasteiger partial charge in [0, 0.05) is 13.2 Å². The van der Waals surface area contributed by atoms with Crippen LogP contribution in [0.2, 0.25) is 0 Å². The molecule has 0 bridgehead atoms. The Morgan fingerprint density at radius 3 is 2.69 bits per heavy atom. The molecule has 92 valence electrons. The zero-order valence-corrected chi connectivity index (χ0v) is 9.53. The molecule has 1 saturated carbocycles. The molecule has 1 fully saturated rings. The Morgan fingerprint density at radius 2 is 2.25 bits per heavy atom. The van der Waals surface area contributed by atoms with Crippen LogP contribution in [0.5, 0.6) is 0 Å². The smallest absolute Gasteiger partial charge is 0.328 e. The first-order chi connectivity index (χ1) is 7.58. The largest absolute Gasteiger partial charge is 0.480 e. The lowest BCUT2D eigenvalue weighted by molar-refractivity contribution is -0.140. The molecule has 0 spiro atoms. The molecule has 16 heavy (non-hydrogen) atoms. The summed E-state index contributed by atoms with van der Waals surface area (Å²) in [4.78, 5) is 22.1. The molecule has 2 amide bonds. The number of rotatable bonds is 6. The number of hydrogen-bond acceptors (Lipinski definition) is 3. The topological polar surface area (TPSA) is 87.7 Å². The van der Waals surface area contributed by atoms with Gasteiger partial charge in [-0.1, -0.05) is 13.3 Å². The third-order valence-electron chi connectivity index (χ3n) is 2.70. The van der Waals surface area contributed by atoms with Crippen LogP contribution in [0.1, 0.15) is 19.8 Å². The normalized spacial score (nSPS) is 24.6. The lowest BCUT2D eigenvalue weighted by atomic mass is 10.3. The second-order valence-corrected chi connectivity index (χ2v) is 3.97. The van der Waals surface area contributed by atoms with E-state index in [-0.39, 0.29) is 12.6 Å². The quantitative estimate of drug-likeness (QED) is 0.607. The van der Waals surface area contributed by atoms with Crippen molar-refractivity contribution < 1.29 is 19.4 Å².